The highest BCUT2D eigenvalue weighted by Crippen LogP contribution is 2.16. The van der Waals surface area contributed by atoms with Crippen LogP contribution in [-0.4, -0.2) is 13.1 Å². The van der Waals surface area contributed by atoms with Gasteiger partial charge in [0.1, 0.15) is 0 Å². The van der Waals surface area contributed by atoms with Crippen molar-refractivity contribution in [1.82, 2.24) is 0 Å². The molecule has 0 N–H and O–H groups in total. The van der Waals surface area contributed by atoms with Gasteiger partial charge in [-0.05, 0) is 6.07 Å². The van der Waals surface area contributed by atoms with E-state index in [2.05, 4.69) is 4.74 Å². The number of methoxy groups -OCH3 is 1. The average Bonchev–Trinajstić information content (AvgIpc) is 2.16. The third-order valence-corrected chi connectivity index (χ3v) is 1.58. The van der Waals surface area contributed by atoms with Gasteiger partial charge < -0.3 is 9.94 Å². The Labute approximate surface area is 78.3 Å². The Kier molecular flexibility index (Phi) is 2.95. The van der Waals surface area contributed by atoms with Gasteiger partial charge in [0.2, 0.25) is 0 Å². The van der Waals surface area contributed by atoms with Crippen LogP contribution in [0.4, 0.5) is 8.78 Å². The van der Waals surface area contributed by atoms with E-state index in [1.165, 1.54) is 0 Å². The predicted molar refractivity (Wildman–Crippen MR) is 41.7 cm³/mol. The molecule has 1 aromatic heterocycles. The van der Waals surface area contributed by atoms with Crippen molar-refractivity contribution in [2.75, 3.05) is 7.11 Å². The molecule has 0 radical (unpaired) electrons. The van der Waals surface area contributed by atoms with Crippen LogP contribution in [0, 0.1) is 5.21 Å². The number of esters is 1. The molecule has 0 saturated carbocycles. The Morgan fingerprint density at radius 3 is 2.64 bits per heavy atom. The third kappa shape index (κ3) is 1.95. The molecule has 0 aromatic carbocycles. The molecule has 6 heteroatoms. The summed E-state index contributed by atoms with van der Waals surface area (Å²) in [7, 11) is 1.10. The van der Waals surface area contributed by atoms with Crippen LogP contribution in [0.5, 0.6) is 0 Å². The number of hydrogen-bond donors (Lipinski definition) is 0. The topological polar surface area (TPSA) is 53.2 Å². The van der Waals surface area contributed by atoms with E-state index in [1.54, 1.807) is 0 Å². The first-order chi connectivity index (χ1) is 6.56. The molecule has 0 bridgehead atoms. The van der Waals surface area contributed by atoms with E-state index in [9.17, 15) is 18.8 Å². The zero-order valence-corrected chi connectivity index (χ0v) is 7.24. The van der Waals surface area contributed by atoms with Gasteiger partial charge in [0.25, 0.3) is 6.43 Å². The summed E-state index contributed by atoms with van der Waals surface area (Å²) in [4.78, 5) is 10.9. The average molecular weight is 203 g/mol. The first-order valence-electron chi connectivity index (χ1n) is 3.66. The van der Waals surface area contributed by atoms with E-state index in [4.69, 9.17) is 0 Å². The van der Waals surface area contributed by atoms with Gasteiger partial charge in [-0.25, -0.2) is 13.6 Å². The zero-order chi connectivity index (χ0) is 10.7. The van der Waals surface area contributed by atoms with Gasteiger partial charge in [0.05, 0.1) is 12.7 Å². The normalized spacial score (nSPS) is 10.3. The van der Waals surface area contributed by atoms with Crippen LogP contribution in [0.2, 0.25) is 0 Å². The smallest absolute Gasteiger partial charge is 0.404 e. The number of carbonyl (C=O) groups excluding carboxylic acids is 1. The van der Waals surface area contributed by atoms with Crippen molar-refractivity contribution < 1.29 is 23.0 Å². The maximum Gasteiger partial charge on any atom is 0.404 e. The minimum Gasteiger partial charge on any atom is -0.618 e. The first-order valence-corrected chi connectivity index (χ1v) is 3.66. The zero-order valence-electron chi connectivity index (χ0n) is 7.24. The molecule has 14 heavy (non-hydrogen) atoms. The number of halogens is 2. The number of rotatable bonds is 2. The second-order valence-corrected chi connectivity index (χ2v) is 2.47. The molecule has 0 spiro atoms. The summed E-state index contributed by atoms with van der Waals surface area (Å²) in [5.74, 6) is -0.860. The van der Waals surface area contributed by atoms with E-state index in [0.29, 0.717) is 6.20 Å². The van der Waals surface area contributed by atoms with E-state index in [-0.39, 0.29) is 10.4 Å². The Morgan fingerprint density at radius 2 is 2.21 bits per heavy atom. The molecule has 0 unspecified atom stereocenters. The second kappa shape index (κ2) is 3.99. The Bertz CT molecular complexity index is 354. The lowest BCUT2D eigenvalue weighted by atomic mass is 10.2. The summed E-state index contributed by atoms with van der Waals surface area (Å²) in [6, 6.07) is 2.01. The maximum atomic E-state index is 12.1. The Balaban J connectivity index is 3.07. The molecule has 0 fully saturated rings. The number of nitrogens with zero attached hydrogens (tertiary/aromatic N) is 1. The number of aromatic nitrogens is 1. The summed E-state index contributed by atoms with van der Waals surface area (Å²) in [5.41, 5.74) is -0.760. The maximum absolute atomic E-state index is 12.1. The minimum atomic E-state index is -2.73. The fraction of sp³-hybridized carbons (Fsp3) is 0.250. The SMILES string of the molecule is COC(=O)c1ccc(C(F)F)c[n+]1[O-]. The lowest BCUT2D eigenvalue weighted by molar-refractivity contribution is -0.609. The van der Waals surface area contributed by atoms with Crippen LogP contribution in [0.3, 0.4) is 0 Å². The highest BCUT2D eigenvalue weighted by Gasteiger charge is 2.19. The fourth-order valence-electron chi connectivity index (χ4n) is 0.888. The van der Waals surface area contributed by atoms with Crippen LogP contribution >= 0.6 is 0 Å². The lowest BCUT2D eigenvalue weighted by Gasteiger charge is -2.04. The van der Waals surface area contributed by atoms with Crippen molar-refractivity contribution in [2.45, 2.75) is 6.43 Å². The van der Waals surface area contributed by atoms with Gasteiger partial charge in [-0.2, -0.15) is 4.73 Å². The van der Waals surface area contributed by atoms with Gasteiger partial charge in [-0.1, -0.05) is 0 Å². The molecule has 0 atom stereocenters. The van der Waals surface area contributed by atoms with E-state index in [0.717, 1.165) is 19.2 Å². The predicted octanol–water partition coefficient (Wildman–Crippen LogP) is 1.04. The summed E-state index contributed by atoms with van der Waals surface area (Å²) >= 11 is 0. The van der Waals surface area contributed by atoms with Crippen molar-refractivity contribution >= 4 is 5.97 Å². The van der Waals surface area contributed by atoms with Crippen LogP contribution < -0.4 is 4.73 Å². The van der Waals surface area contributed by atoms with Crippen LogP contribution in [0.15, 0.2) is 18.3 Å². The second-order valence-electron chi connectivity index (χ2n) is 2.47. The fourth-order valence-corrected chi connectivity index (χ4v) is 0.888. The monoisotopic (exact) mass is 203 g/mol. The van der Waals surface area contributed by atoms with Gasteiger partial charge in [0.15, 0.2) is 6.20 Å². The molecule has 0 saturated heterocycles. The summed E-state index contributed by atoms with van der Waals surface area (Å²) in [5, 5.41) is 11.0. The largest absolute Gasteiger partial charge is 0.618 e. The van der Waals surface area contributed by atoms with Crippen molar-refractivity contribution in [2.24, 2.45) is 0 Å². The molecule has 1 rings (SSSR count). The van der Waals surface area contributed by atoms with Gasteiger partial charge >= 0.3 is 11.7 Å². The highest BCUT2D eigenvalue weighted by atomic mass is 19.3. The van der Waals surface area contributed by atoms with Crippen LogP contribution in [0.1, 0.15) is 22.5 Å². The van der Waals surface area contributed by atoms with Crippen molar-refractivity contribution in [3.8, 4) is 0 Å². The van der Waals surface area contributed by atoms with Crippen molar-refractivity contribution in [1.29, 1.82) is 0 Å². The molecular formula is C8H7F2NO3. The number of pyridine rings is 1. The van der Waals surface area contributed by atoms with Crippen molar-refractivity contribution in [3.05, 3.63) is 34.8 Å². The Hall–Kier alpha value is -1.72. The highest BCUT2D eigenvalue weighted by molar-refractivity contribution is 5.85. The summed E-state index contributed by atoms with van der Waals surface area (Å²) in [6.45, 7) is 0. The summed E-state index contributed by atoms with van der Waals surface area (Å²) < 4.78 is 28.5. The molecule has 76 valence electrons. The van der Waals surface area contributed by atoms with Gasteiger partial charge in [-0.3, -0.25) is 0 Å². The standard InChI is InChI=1S/C8H7F2NO3/c1-14-8(12)6-3-2-5(7(9)10)4-11(6)13/h2-4,7H,1H3. The number of carbonyl (C=O) groups is 1. The molecule has 0 aliphatic carbocycles. The summed E-state index contributed by atoms with van der Waals surface area (Å²) in [6.07, 6.45) is -2.08. The Morgan fingerprint density at radius 1 is 1.57 bits per heavy atom. The van der Waals surface area contributed by atoms with E-state index >= 15 is 0 Å². The van der Waals surface area contributed by atoms with E-state index in [1.807, 2.05) is 0 Å². The van der Waals surface area contributed by atoms with Gasteiger partial charge in [0, 0.05) is 6.07 Å². The van der Waals surface area contributed by atoms with Crippen molar-refractivity contribution in [3.63, 3.8) is 0 Å². The molecule has 1 aromatic rings. The van der Waals surface area contributed by atoms with Crippen LogP contribution in [-0.2, 0) is 4.74 Å². The molecule has 0 aliphatic heterocycles. The third-order valence-electron chi connectivity index (χ3n) is 1.58. The number of alkyl halides is 2. The molecular weight excluding hydrogens is 196 g/mol. The molecule has 1 heterocycles. The lowest BCUT2D eigenvalue weighted by Crippen LogP contribution is -2.35. The number of hydrogen-bond acceptors (Lipinski definition) is 3. The van der Waals surface area contributed by atoms with Crippen LogP contribution in [0.25, 0.3) is 0 Å². The number of ether oxygens (including phenoxy) is 1. The van der Waals surface area contributed by atoms with Gasteiger partial charge in [-0.15, -0.1) is 0 Å². The minimum absolute atomic E-state index is 0.0628. The quantitative estimate of drug-likeness (QED) is 0.410. The molecule has 0 amide bonds. The molecule has 4 nitrogen and oxygen atoms in total. The van der Waals surface area contributed by atoms with E-state index < -0.39 is 18.0 Å². The molecule has 0 aliphatic rings. The first kappa shape index (κ1) is 10.4.